The number of carbonyl (C=O) groups is 1. The maximum Gasteiger partial charge on any atom is 0.262 e. The molecule has 0 aromatic carbocycles. The summed E-state index contributed by atoms with van der Waals surface area (Å²) in [4.78, 5) is 18.6. The summed E-state index contributed by atoms with van der Waals surface area (Å²) in [6.45, 7) is 2.12. The number of hydrogen-bond acceptors (Lipinski definition) is 5. The van der Waals surface area contributed by atoms with Crippen LogP contribution in [-0.2, 0) is 11.2 Å². The molecular formula is C14H20F2N4OS. The third-order valence-electron chi connectivity index (χ3n) is 4.02. The number of alkyl halides is 2. The number of carbonyl (C=O) groups excluding carboxylic acids is 1. The molecule has 1 unspecified atom stereocenters. The lowest BCUT2D eigenvalue weighted by Crippen LogP contribution is -2.41. The smallest absolute Gasteiger partial charge is 0.262 e. The Morgan fingerprint density at radius 1 is 1.50 bits per heavy atom. The summed E-state index contributed by atoms with van der Waals surface area (Å²) in [5.41, 5.74) is 0.942. The van der Waals surface area contributed by atoms with E-state index in [9.17, 15) is 13.6 Å². The van der Waals surface area contributed by atoms with Crippen molar-refractivity contribution in [1.29, 1.82) is 0 Å². The molecule has 0 aliphatic carbocycles. The van der Waals surface area contributed by atoms with E-state index < -0.39 is 24.9 Å². The normalized spacial score (nSPS) is 23.9. The number of halogens is 2. The molecule has 5 nitrogen and oxygen atoms in total. The molecule has 1 atom stereocenters. The van der Waals surface area contributed by atoms with Crippen LogP contribution in [0.3, 0.4) is 0 Å². The molecule has 0 bridgehead atoms. The fourth-order valence-electron chi connectivity index (χ4n) is 2.80. The first-order valence-electron chi connectivity index (χ1n) is 7.62. The fraction of sp³-hybridized carbons (Fsp3) is 0.714. The lowest BCUT2D eigenvalue weighted by atomic mass is 10.2. The van der Waals surface area contributed by atoms with E-state index >= 15 is 0 Å². The third-order valence-corrected chi connectivity index (χ3v) is 4.97. The van der Waals surface area contributed by atoms with E-state index in [1.807, 2.05) is 5.38 Å². The molecule has 8 heteroatoms. The molecule has 2 aliphatic heterocycles. The quantitative estimate of drug-likeness (QED) is 0.857. The first-order chi connectivity index (χ1) is 10.5. The van der Waals surface area contributed by atoms with Gasteiger partial charge >= 0.3 is 0 Å². The molecule has 1 aromatic rings. The number of thiazole rings is 1. The van der Waals surface area contributed by atoms with Crippen LogP contribution in [0.5, 0.6) is 0 Å². The summed E-state index contributed by atoms with van der Waals surface area (Å²) in [6.07, 6.45) is 2.63. The van der Waals surface area contributed by atoms with Gasteiger partial charge in [-0.25, -0.2) is 13.8 Å². The van der Waals surface area contributed by atoms with Gasteiger partial charge in [0.05, 0.1) is 18.3 Å². The van der Waals surface area contributed by atoms with Gasteiger partial charge in [-0.05, 0) is 12.8 Å². The highest BCUT2D eigenvalue weighted by Crippen LogP contribution is 2.25. The second-order valence-electron chi connectivity index (χ2n) is 5.85. The van der Waals surface area contributed by atoms with Crippen molar-refractivity contribution < 1.29 is 13.6 Å². The van der Waals surface area contributed by atoms with Crippen molar-refractivity contribution in [3.8, 4) is 0 Å². The van der Waals surface area contributed by atoms with Gasteiger partial charge < -0.3 is 10.2 Å². The maximum absolute atomic E-state index is 13.0. The molecule has 0 saturated carbocycles. The van der Waals surface area contributed by atoms with Gasteiger partial charge in [0, 0.05) is 37.9 Å². The first kappa shape index (κ1) is 15.6. The van der Waals surface area contributed by atoms with Crippen LogP contribution in [0.1, 0.15) is 25.0 Å². The van der Waals surface area contributed by atoms with Crippen LogP contribution in [0.4, 0.5) is 13.9 Å². The van der Waals surface area contributed by atoms with Crippen LogP contribution in [0.2, 0.25) is 0 Å². The summed E-state index contributed by atoms with van der Waals surface area (Å²) in [5, 5.41) is 8.30. The summed E-state index contributed by atoms with van der Waals surface area (Å²) >= 11 is 1.62. The van der Waals surface area contributed by atoms with E-state index in [4.69, 9.17) is 0 Å². The largest absolute Gasteiger partial charge is 0.354 e. The summed E-state index contributed by atoms with van der Waals surface area (Å²) in [7, 11) is 0. The molecule has 2 fully saturated rings. The SMILES string of the molecule is O=C(NCCc1csc(N2CCCC2)n1)C1CC(F)(F)CN1. The Bertz CT molecular complexity index is 531. The fourth-order valence-corrected chi connectivity index (χ4v) is 3.72. The van der Waals surface area contributed by atoms with Gasteiger partial charge in [0.15, 0.2) is 5.13 Å². The highest BCUT2D eigenvalue weighted by atomic mass is 32.1. The van der Waals surface area contributed by atoms with E-state index in [1.54, 1.807) is 11.3 Å². The average molecular weight is 330 g/mol. The van der Waals surface area contributed by atoms with E-state index in [2.05, 4.69) is 20.5 Å². The molecule has 22 heavy (non-hydrogen) atoms. The summed E-state index contributed by atoms with van der Waals surface area (Å²) in [6, 6.07) is -0.786. The van der Waals surface area contributed by atoms with Crippen LogP contribution in [-0.4, -0.2) is 49.0 Å². The van der Waals surface area contributed by atoms with Crippen LogP contribution in [0.25, 0.3) is 0 Å². The number of nitrogens with zero attached hydrogens (tertiary/aromatic N) is 2. The zero-order valence-corrected chi connectivity index (χ0v) is 13.1. The Morgan fingerprint density at radius 3 is 2.95 bits per heavy atom. The first-order valence-corrected chi connectivity index (χ1v) is 8.50. The Kier molecular flexibility index (Phi) is 4.58. The van der Waals surface area contributed by atoms with Crippen LogP contribution in [0.15, 0.2) is 5.38 Å². The molecule has 2 aliphatic rings. The Balaban J connectivity index is 1.42. The van der Waals surface area contributed by atoms with Gasteiger partial charge in [-0.1, -0.05) is 0 Å². The van der Waals surface area contributed by atoms with Gasteiger partial charge in [0.25, 0.3) is 5.92 Å². The topological polar surface area (TPSA) is 57.3 Å². The molecule has 0 spiro atoms. The third kappa shape index (κ3) is 3.73. The predicted molar refractivity (Wildman–Crippen MR) is 81.6 cm³/mol. The Labute approximate surface area is 132 Å². The van der Waals surface area contributed by atoms with Gasteiger partial charge in [-0.3, -0.25) is 10.1 Å². The second kappa shape index (κ2) is 6.45. The Hall–Kier alpha value is -1.28. The number of rotatable bonds is 5. The van der Waals surface area contributed by atoms with E-state index in [0.29, 0.717) is 13.0 Å². The van der Waals surface area contributed by atoms with Crippen molar-refractivity contribution in [2.75, 3.05) is 31.1 Å². The molecule has 2 saturated heterocycles. The van der Waals surface area contributed by atoms with E-state index in [1.165, 1.54) is 12.8 Å². The van der Waals surface area contributed by atoms with Crippen molar-refractivity contribution in [3.63, 3.8) is 0 Å². The molecule has 2 N–H and O–H groups in total. The molecule has 1 amide bonds. The standard InChI is InChI=1S/C14H20F2N4OS/c15-14(16)7-11(18-9-14)12(21)17-4-3-10-8-22-13(19-10)20-5-1-2-6-20/h8,11,18H,1-7,9H2,(H,17,21). The van der Waals surface area contributed by atoms with Gasteiger partial charge in [-0.15, -0.1) is 11.3 Å². The maximum atomic E-state index is 13.0. The number of anilines is 1. The van der Waals surface area contributed by atoms with Crippen LogP contribution < -0.4 is 15.5 Å². The lowest BCUT2D eigenvalue weighted by molar-refractivity contribution is -0.123. The zero-order valence-electron chi connectivity index (χ0n) is 12.3. The minimum absolute atomic E-state index is 0.354. The van der Waals surface area contributed by atoms with Crippen molar-refractivity contribution in [2.24, 2.45) is 0 Å². The highest BCUT2D eigenvalue weighted by molar-refractivity contribution is 7.13. The highest BCUT2D eigenvalue weighted by Gasteiger charge is 2.42. The van der Waals surface area contributed by atoms with Crippen LogP contribution in [0, 0.1) is 0 Å². The molecule has 0 radical (unpaired) electrons. The summed E-state index contributed by atoms with van der Waals surface area (Å²) in [5.74, 6) is -3.13. The molecule has 122 valence electrons. The molecule has 3 rings (SSSR count). The second-order valence-corrected chi connectivity index (χ2v) is 6.69. The lowest BCUT2D eigenvalue weighted by Gasteiger charge is -2.12. The number of hydrogen-bond donors (Lipinski definition) is 2. The monoisotopic (exact) mass is 330 g/mol. The van der Waals surface area contributed by atoms with E-state index in [-0.39, 0.29) is 5.91 Å². The summed E-state index contributed by atoms with van der Waals surface area (Å²) < 4.78 is 26.1. The molecule has 1 aromatic heterocycles. The van der Waals surface area contributed by atoms with Crippen LogP contribution >= 0.6 is 11.3 Å². The van der Waals surface area contributed by atoms with E-state index in [0.717, 1.165) is 23.9 Å². The number of nitrogens with one attached hydrogen (secondary N) is 2. The minimum Gasteiger partial charge on any atom is -0.354 e. The molecular weight excluding hydrogens is 310 g/mol. The average Bonchev–Trinajstić information content (AvgIpc) is 3.17. The number of amides is 1. The van der Waals surface area contributed by atoms with Gasteiger partial charge in [-0.2, -0.15) is 0 Å². The van der Waals surface area contributed by atoms with Gasteiger partial charge in [0.2, 0.25) is 5.91 Å². The zero-order chi connectivity index (χ0) is 15.6. The Morgan fingerprint density at radius 2 is 2.27 bits per heavy atom. The molecule has 3 heterocycles. The number of aromatic nitrogens is 1. The van der Waals surface area contributed by atoms with Crippen molar-refractivity contribution in [3.05, 3.63) is 11.1 Å². The van der Waals surface area contributed by atoms with Gasteiger partial charge in [0.1, 0.15) is 0 Å². The minimum atomic E-state index is -2.78. The predicted octanol–water partition coefficient (Wildman–Crippen LogP) is 1.40. The van der Waals surface area contributed by atoms with Crippen molar-refractivity contribution in [2.45, 2.75) is 37.6 Å². The van der Waals surface area contributed by atoms with Crippen molar-refractivity contribution >= 4 is 22.4 Å². The van der Waals surface area contributed by atoms with Crippen molar-refractivity contribution in [1.82, 2.24) is 15.6 Å².